The zero-order chi connectivity index (χ0) is 19.2. The number of aromatic nitrogens is 1. The molecule has 2 aliphatic rings. The number of fused-ring (bicyclic) bond motifs is 1. The molecule has 0 spiro atoms. The molecule has 1 aliphatic heterocycles. The molecule has 2 aromatic rings. The maximum absolute atomic E-state index is 12.9. The third kappa shape index (κ3) is 3.90. The van der Waals surface area contributed by atoms with Crippen LogP contribution in [0.3, 0.4) is 0 Å². The lowest BCUT2D eigenvalue weighted by atomic mass is 9.86. The van der Waals surface area contributed by atoms with E-state index >= 15 is 0 Å². The van der Waals surface area contributed by atoms with Gasteiger partial charge < -0.3 is 10.2 Å². The van der Waals surface area contributed by atoms with Gasteiger partial charge in [0.05, 0.1) is 12.2 Å². The summed E-state index contributed by atoms with van der Waals surface area (Å²) >= 11 is 1.49. The van der Waals surface area contributed by atoms with Crippen LogP contribution in [0.4, 0.5) is 5.13 Å². The normalized spacial score (nSPS) is 16.8. The maximum atomic E-state index is 12.9. The van der Waals surface area contributed by atoms with Gasteiger partial charge in [-0.25, -0.2) is 4.98 Å². The molecule has 0 saturated heterocycles. The van der Waals surface area contributed by atoms with Gasteiger partial charge in [0, 0.05) is 29.3 Å². The Kier molecular flexibility index (Phi) is 4.54. The molecule has 4 rings (SSSR count). The minimum Gasteiger partial charge on any atom is -0.333 e. The highest BCUT2D eigenvalue weighted by atomic mass is 32.1. The molecular formula is C21H25N3O2S. The molecule has 6 heteroatoms. The molecule has 1 N–H and O–H groups in total. The Labute approximate surface area is 163 Å². The SMILES string of the molecule is CC(C)(C)c1ccc(C(=O)N2CCc3nc(NC(=O)C4CC4)sc3C2)cc1. The van der Waals surface area contributed by atoms with Crippen molar-refractivity contribution in [2.45, 2.75) is 52.0 Å². The standard InChI is InChI=1S/C21H25N3O2S/c1-21(2,3)15-8-6-14(7-9-15)19(26)24-11-10-16-17(12-24)27-20(22-16)23-18(25)13-4-5-13/h6-9,13H,4-5,10-12H2,1-3H3,(H,22,23,25). The van der Waals surface area contributed by atoms with Crippen molar-refractivity contribution in [1.82, 2.24) is 9.88 Å². The van der Waals surface area contributed by atoms with Gasteiger partial charge in [-0.3, -0.25) is 9.59 Å². The number of rotatable bonds is 3. The van der Waals surface area contributed by atoms with Crippen LogP contribution >= 0.6 is 11.3 Å². The fourth-order valence-electron chi connectivity index (χ4n) is 3.27. The van der Waals surface area contributed by atoms with Crippen LogP contribution in [0.25, 0.3) is 0 Å². The Hall–Kier alpha value is -2.21. The van der Waals surface area contributed by atoms with E-state index in [4.69, 9.17) is 0 Å². The highest BCUT2D eigenvalue weighted by Gasteiger charge is 2.31. The Bertz CT molecular complexity index is 876. The predicted molar refractivity (Wildman–Crippen MR) is 107 cm³/mol. The second-order valence-corrected chi connectivity index (χ2v) is 9.54. The van der Waals surface area contributed by atoms with E-state index in [1.54, 1.807) is 0 Å². The first-order chi connectivity index (χ1) is 12.8. The number of hydrogen-bond acceptors (Lipinski definition) is 4. The summed E-state index contributed by atoms with van der Waals surface area (Å²) in [5, 5.41) is 3.59. The van der Waals surface area contributed by atoms with E-state index in [-0.39, 0.29) is 23.1 Å². The molecule has 2 heterocycles. The van der Waals surface area contributed by atoms with Gasteiger partial charge in [0.2, 0.25) is 5.91 Å². The fourth-order valence-corrected chi connectivity index (χ4v) is 4.30. The monoisotopic (exact) mass is 383 g/mol. The summed E-state index contributed by atoms with van der Waals surface area (Å²) in [4.78, 5) is 32.3. The molecule has 1 aromatic carbocycles. The summed E-state index contributed by atoms with van der Waals surface area (Å²) in [6, 6.07) is 7.93. The fraction of sp³-hybridized carbons (Fsp3) is 0.476. The van der Waals surface area contributed by atoms with Gasteiger partial charge in [-0.2, -0.15) is 0 Å². The lowest BCUT2D eigenvalue weighted by molar-refractivity contribution is -0.117. The summed E-state index contributed by atoms with van der Waals surface area (Å²) in [5.41, 5.74) is 3.03. The molecular weight excluding hydrogens is 358 g/mol. The smallest absolute Gasteiger partial charge is 0.254 e. The van der Waals surface area contributed by atoms with Gasteiger partial charge in [-0.05, 0) is 36.0 Å². The van der Waals surface area contributed by atoms with Crippen LogP contribution in [-0.4, -0.2) is 28.2 Å². The van der Waals surface area contributed by atoms with Crippen LogP contribution in [-0.2, 0) is 23.2 Å². The molecule has 1 fully saturated rings. The molecule has 27 heavy (non-hydrogen) atoms. The third-order valence-corrected chi connectivity index (χ3v) is 6.19. The summed E-state index contributed by atoms with van der Waals surface area (Å²) in [5.74, 6) is 0.297. The van der Waals surface area contributed by atoms with E-state index in [1.165, 1.54) is 16.9 Å². The summed E-state index contributed by atoms with van der Waals surface area (Å²) in [6.07, 6.45) is 2.69. The van der Waals surface area contributed by atoms with E-state index in [1.807, 2.05) is 29.2 Å². The number of anilines is 1. The number of amides is 2. The van der Waals surface area contributed by atoms with Gasteiger partial charge in [0.1, 0.15) is 0 Å². The van der Waals surface area contributed by atoms with Gasteiger partial charge >= 0.3 is 0 Å². The average molecular weight is 384 g/mol. The highest BCUT2D eigenvalue weighted by molar-refractivity contribution is 7.15. The van der Waals surface area contributed by atoms with Crippen molar-refractivity contribution in [2.75, 3.05) is 11.9 Å². The average Bonchev–Trinajstić information content (AvgIpc) is 3.41. The zero-order valence-corrected chi connectivity index (χ0v) is 16.9. The van der Waals surface area contributed by atoms with Crippen molar-refractivity contribution >= 4 is 28.3 Å². The van der Waals surface area contributed by atoms with Crippen LogP contribution in [0.15, 0.2) is 24.3 Å². The number of hydrogen-bond donors (Lipinski definition) is 1. The van der Waals surface area contributed by atoms with Gasteiger partial charge in [0.25, 0.3) is 5.91 Å². The molecule has 5 nitrogen and oxygen atoms in total. The molecule has 0 bridgehead atoms. The Morgan fingerprint density at radius 2 is 1.89 bits per heavy atom. The first-order valence-electron chi connectivity index (χ1n) is 9.50. The maximum Gasteiger partial charge on any atom is 0.254 e. The largest absolute Gasteiger partial charge is 0.333 e. The zero-order valence-electron chi connectivity index (χ0n) is 16.0. The first-order valence-corrected chi connectivity index (χ1v) is 10.3. The minimum atomic E-state index is 0.0538. The lowest BCUT2D eigenvalue weighted by Crippen LogP contribution is -2.35. The van der Waals surface area contributed by atoms with Gasteiger partial charge in [-0.1, -0.05) is 44.2 Å². The van der Waals surface area contributed by atoms with Crippen molar-refractivity contribution in [3.63, 3.8) is 0 Å². The van der Waals surface area contributed by atoms with Crippen LogP contribution in [0.5, 0.6) is 0 Å². The third-order valence-electron chi connectivity index (χ3n) is 5.19. The highest BCUT2D eigenvalue weighted by Crippen LogP contribution is 2.33. The van der Waals surface area contributed by atoms with Crippen LogP contribution < -0.4 is 5.32 Å². The van der Waals surface area contributed by atoms with Gasteiger partial charge in [0.15, 0.2) is 5.13 Å². The summed E-state index contributed by atoms with van der Waals surface area (Å²) < 4.78 is 0. The van der Waals surface area contributed by atoms with E-state index in [2.05, 4.69) is 31.1 Å². The second kappa shape index (κ2) is 6.75. The quantitative estimate of drug-likeness (QED) is 0.872. The number of carbonyl (C=O) groups is 2. The molecule has 142 valence electrons. The molecule has 0 radical (unpaired) electrons. The summed E-state index contributed by atoms with van der Waals surface area (Å²) in [7, 11) is 0. The molecule has 0 unspecified atom stereocenters. The topological polar surface area (TPSA) is 62.3 Å². The number of benzene rings is 1. The van der Waals surface area contributed by atoms with E-state index in [0.717, 1.165) is 35.4 Å². The number of carbonyl (C=O) groups excluding carboxylic acids is 2. The van der Waals surface area contributed by atoms with Gasteiger partial charge in [-0.15, -0.1) is 0 Å². The summed E-state index contributed by atoms with van der Waals surface area (Å²) in [6.45, 7) is 7.72. The predicted octanol–water partition coefficient (Wildman–Crippen LogP) is 3.99. The number of nitrogens with zero attached hydrogens (tertiary/aromatic N) is 2. The molecule has 2 amide bonds. The molecule has 1 aromatic heterocycles. The Morgan fingerprint density at radius 3 is 2.52 bits per heavy atom. The van der Waals surface area contributed by atoms with Crippen molar-refractivity contribution in [3.8, 4) is 0 Å². The van der Waals surface area contributed by atoms with Crippen molar-refractivity contribution in [3.05, 3.63) is 46.0 Å². The van der Waals surface area contributed by atoms with Crippen molar-refractivity contribution < 1.29 is 9.59 Å². The second-order valence-electron chi connectivity index (χ2n) is 8.46. The van der Waals surface area contributed by atoms with Crippen LogP contribution in [0.1, 0.15) is 60.1 Å². The van der Waals surface area contributed by atoms with E-state index in [9.17, 15) is 9.59 Å². The van der Waals surface area contributed by atoms with Crippen LogP contribution in [0, 0.1) is 5.92 Å². The molecule has 1 saturated carbocycles. The molecule has 0 atom stereocenters. The van der Waals surface area contributed by atoms with E-state index in [0.29, 0.717) is 18.2 Å². The minimum absolute atomic E-state index is 0.0538. The number of thiazole rings is 1. The number of nitrogens with one attached hydrogen (secondary N) is 1. The van der Waals surface area contributed by atoms with Crippen molar-refractivity contribution in [2.24, 2.45) is 5.92 Å². The Morgan fingerprint density at radius 1 is 1.19 bits per heavy atom. The molecule has 1 aliphatic carbocycles. The van der Waals surface area contributed by atoms with Crippen LogP contribution in [0.2, 0.25) is 0 Å². The first kappa shape index (κ1) is 18.2. The lowest BCUT2D eigenvalue weighted by Gasteiger charge is -2.26. The Balaban J connectivity index is 1.44. The van der Waals surface area contributed by atoms with E-state index < -0.39 is 0 Å². The van der Waals surface area contributed by atoms with Crippen molar-refractivity contribution in [1.29, 1.82) is 0 Å².